The van der Waals surface area contributed by atoms with Gasteiger partial charge in [-0.3, -0.25) is 38.7 Å². The molecule has 1 aliphatic heterocycles. The predicted octanol–water partition coefficient (Wildman–Crippen LogP) is 10.2. The lowest BCUT2D eigenvalue weighted by Crippen LogP contribution is -2.40. The normalized spacial score (nSPS) is 13.0. The van der Waals surface area contributed by atoms with Gasteiger partial charge in [-0.05, 0) is 95.9 Å². The minimum atomic E-state index is -0.317. The molecule has 2 atom stereocenters. The highest BCUT2D eigenvalue weighted by molar-refractivity contribution is 7.15. The molecule has 13 nitrogen and oxygen atoms in total. The van der Waals surface area contributed by atoms with Crippen molar-refractivity contribution in [2.75, 3.05) is 19.7 Å². The third kappa shape index (κ3) is 18.3. The monoisotopic (exact) mass is 929 g/mol. The molecule has 0 aliphatic carbocycles. The highest BCUT2D eigenvalue weighted by atomic mass is 32.1. The van der Waals surface area contributed by atoms with Crippen LogP contribution in [0.2, 0.25) is 0 Å². The minimum Gasteiger partial charge on any atom is -0.483 e. The Kier molecular flexibility index (Phi) is 26.9. The van der Waals surface area contributed by atoms with Gasteiger partial charge in [-0.1, -0.05) is 103 Å². The van der Waals surface area contributed by atoms with Crippen LogP contribution < -0.4 is 20.7 Å². The number of hydrogen-bond donors (Lipinski definition) is 3. The van der Waals surface area contributed by atoms with Crippen LogP contribution in [0.25, 0.3) is 10.6 Å². The van der Waals surface area contributed by atoms with E-state index in [1.165, 1.54) is 47.3 Å². The van der Waals surface area contributed by atoms with Crippen molar-refractivity contribution in [1.29, 1.82) is 0 Å². The summed E-state index contributed by atoms with van der Waals surface area (Å²) in [7, 11) is 0. The van der Waals surface area contributed by atoms with E-state index in [0.717, 1.165) is 61.3 Å². The Morgan fingerprint density at radius 3 is 2.05 bits per heavy atom. The maximum Gasteiger partial charge on any atom is 0.257 e. The van der Waals surface area contributed by atoms with Gasteiger partial charge in [-0.2, -0.15) is 0 Å². The van der Waals surface area contributed by atoms with E-state index in [9.17, 15) is 28.8 Å². The zero-order valence-electron chi connectivity index (χ0n) is 42.1. The number of hydrogen-bond acceptors (Lipinski definition) is 10. The molecule has 0 saturated carbocycles. The van der Waals surface area contributed by atoms with Crippen LogP contribution in [-0.4, -0.2) is 69.7 Å². The van der Waals surface area contributed by atoms with Crippen molar-refractivity contribution in [1.82, 2.24) is 30.7 Å². The third-order valence-corrected chi connectivity index (χ3v) is 11.8. The predicted molar refractivity (Wildman–Crippen MR) is 268 cm³/mol. The molecule has 5 rings (SSSR count). The number of unbranched alkanes of at least 4 members (excludes halogenated alkanes) is 1. The topological polar surface area (TPSA) is 178 Å². The number of imide groups is 1. The van der Waals surface area contributed by atoms with E-state index < -0.39 is 0 Å². The largest absolute Gasteiger partial charge is 0.483 e. The Balaban J connectivity index is 0.000000516. The van der Waals surface area contributed by atoms with Gasteiger partial charge in [0.1, 0.15) is 22.4 Å². The van der Waals surface area contributed by atoms with Gasteiger partial charge < -0.3 is 15.4 Å². The first-order valence-electron chi connectivity index (χ1n) is 23.3. The number of aryl methyl sites for hydroxylation is 3. The van der Waals surface area contributed by atoms with Crippen molar-refractivity contribution in [3.05, 3.63) is 99.0 Å². The van der Waals surface area contributed by atoms with E-state index in [-0.39, 0.29) is 64.6 Å². The van der Waals surface area contributed by atoms with Gasteiger partial charge in [0.05, 0.1) is 5.56 Å². The molecule has 66 heavy (non-hydrogen) atoms. The first-order valence-corrected chi connectivity index (χ1v) is 24.1. The second-order valence-corrected chi connectivity index (χ2v) is 16.9. The maximum absolute atomic E-state index is 11.8. The fraction of sp³-hybridized carbons (Fsp3) is 0.500. The van der Waals surface area contributed by atoms with Crippen LogP contribution in [0, 0.1) is 39.5 Å². The minimum absolute atomic E-state index is 0.0673. The summed E-state index contributed by atoms with van der Waals surface area (Å²) < 4.78 is 7.66. The van der Waals surface area contributed by atoms with Crippen LogP contribution in [0.5, 0.6) is 5.75 Å². The fourth-order valence-electron chi connectivity index (χ4n) is 6.65. The van der Waals surface area contributed by atoms with Crippen molar-refractivity contribution >= 4 is 52.1 Å². The Morgan fingerprint density at radius 1 is 0.879 bits per heavy atom. The summed E-state index contributed by atoms with van der Waals surface area (Å²) in [6, 6.07) is 13.3. The Hall–Kier alpha value is -5.76. The van der Waals surface area contributed by atoms with Crippen molar-refractivity contribution in [2.24, 2.45) is 11.8 Å². The second kappa shape index (κ2) is 30.4. The fourth-order valence-corrected chi connectivity index (χ4v) is 7.90. The molecule has 1 aliphatic rings. The lowest BCUT2D eigenvalue weighted by Gasteiger charge is -2.18. The van der Waals surface area contributed by atoms with Gasteiger partial charge in [0.15, 0.2) is 18.2 Å². The number of thiophene rings is 1. The summed E-state index contributed by atoms with van der Waals surface area (Å²) in [6.07, 6.45) is 5.62. The zero-order chi connectivity index (χ0) is 50.1. The maximum atomic E-state index is 11.8. The lowest BCUT2D eigenvalue weighted by atomic mass is 9.96. The van der Waals surface area contributed by atoms with Crippen molar-refractivity contribution in [2.45, 2.75) is 142 Å². The Labute approximate surface area is 398 Å². The highest BCUT2D eigenvalue weighted by Crippen LogP contribution is 2.39. The molecule has 1 saturated heterocycles. The molecular weight excluding hydrogens is 853 g/mol. The van der Waals surface area contributed by atoms with E-state index in [2.05, 4.69) is 96.2 Å². The van der Waals surface area contributed by atoms with Crippen LogP contribution in [0.15, 0.2) is 49.0 Å². The van der Waals surface area contributed by atoms with Gasteiger partial charge in [0.2, 0.25) is 17.7 Å². The molecule has 4 aromatic rings. The van der Waals surface area contributed by atoms with Crippen molar-refractivity contribution in [3.8, 4) is 10.8 Å². The number of carbonyl (C=O) groups is 6. The summed E-state index contributed by atoms with van der Waals surface area (Å²) in [4.78, 5) is 68.7. The van der Waals surface area contributed by atoms with E-state index in [0.29, 0.717) is 25.4 Å². The smallest absolute Gasteiger partial charge is 0.257 e. The first kappa shape index (κ1) is 58.3. The summed E-state index contributed by atoms with van der Waals surface area (Å²) in [5.41, 5.74) is 6.47. The van der Waals surface area contributed by atoms with Crippen molar-refractivity contribution in [3.63, 3.8) is 0 Å². The molecule has 1 fully saturated rings. The number of piperidine rings is 1. The average Bonchev–Trinajstić information content (AvgIpc) is 3.80. The van der Waals surface area contributed by atoms with E-state index >= 15 is 0 Å². The second-order valence-electron chi connectivity index (χ2n) is 15.7. The molecule has 4 amide bonds. The molecular formula is C52H76N6O7S. The van der Waals surface area contributed by atoms with E-state index in [1.54, 1.807) is 18.2 Å². The molecule has 2 aromatic heterocycles. The van der Waals surface area contributed by atoms with Crippen LogP contribution in [0.4, 0.5) is 0 Å². The molecule has 3 heterocycles. The van der Waals surface area contributed by atoms with Gasteiger partial charge in [-0.25, -0.2) is 0 Å². The number of amides is 4. The van der Waals surface area contributed by atoms with Gasteiger partial charge in [0.25, 0.3) is 5.91 Å². The number of rotatable bonds is 17. The molecule has 0 spiro atoms. The van der Waals surface area contributed by atoms with Crippen LogP contribution in [0.3, 0.4) is 0 Å². The SMILES string of the molecule is C=C(c1ccc(C)cc1)c1c(-n2c(C)nnc2CC(C)CC)sc(C)c1C.CC.CC.CC(=O)NCCCCNC(=O)COc1cccc(C(C)=O)c1C(C)=O.CCC1CCC(=O)NC1=O. The Bertz CT molecular complexity index is 2220. The number of benzene rings is 2. The molecule has 14 heteroatoms. The first-order chi connectivity index (χ1) is 31.4. The quantitative estimate of drug-likeness (QED) is 0.0528. The summed E-state index contributed by atoms with van der Waals surface area (Å²) >= 11 is 1.81. The highest BCUT2D eigenvalue weighted by Gasteiger charge is 2.25. The van der Waals surface area contributed by atoms with E-state index in [1.807, 2.05) is 52.9 Å². The molecule has 0 radical (unpaired) electrons. The molecule has 3 N–H and O–H groups in total. The average molecular weight is 929 g/mol. The van der Waals surface area contributed by atoms with Crippen LogP contribution >= 0.6 is 11.3 Å². The number of carbonyl (C=O) groups excluding carboxylic acids is 6. The number of nitrogens with one attached hydrogen (secondary N) is 3. The number of nitrogens with zero attached hydrogens (tertiary/aromatic N) is 3. The molecule has 0 bridgehead atoms. The number of aromatic nitrogens is 3. The number of ether oxygens (including phenoxy) is 1. The van der Waals surface area contributed by atoms with Gasteiger partial charge in [-0.15, -0.1) is 21.5 Å². The van der Waals surface area contributed by atoms with Crippen LogP contribution in [0.1, 0.15) is 167 Å². The number of Topliss-reactive ketones (excluding diaryl/α,β-unsaturated/α-hetero) is 2. The van der Waals surface area contributed by atoms with Gasteiger partial charge in [0, 0.05) is 54.8 Å². The Morgan fingerprint density at radius 2 is 1.50 bits per heavy atom. The summed E-state index contributed by atoms with van der Waals surface area (Å²) in [6.45, 7) is 32.4. The zero-order valence-corrected chi connectivity index (χ0v) is 42.9. The summed E-state index contributed by atoms with van der Waals surface area (Å²) in [5, 5.41) is 17.8. The van der Waals surface area contributed by atoms with E-state index in [4.69, 9.17) is 4.74 Å². The third-order valence-electron chi connectivity index (χ3n) is 10.7. The number of ketones is 2. The molecule has 2 unspecified atom stereocenters. The van der Waals surface area contributed by atoms with Crippen molar-refractivity contribution < 1.29 is 33.5 Å². The van der Waals surface area contributed by atoms with Crippen LogP contribution in [-0.2, 0) is 25.6 Å². The standard InChI is InChI=1S/C23H29N3S.C18H24N2O5.C7H11NO2.2C2H6/c1-8-14(2)13-21-25-24-19(7)26(21)23-22(16(4)18(6)27-23)17(5)20-11-9-15(3)10-12-20;1-12(21)15-7-6-8-16(18(15)13(2)22)25-11-17(24)20-10-5-4-9-19-14(3)23;1-2-5-3-4-6(9)8-7(5)10;2*1-2/h9-12,14H,5,8,13H2,1-4,6-7H3;6-8H,4-5,9-11H2,1-3H3,(H,19,23)(H,20,24);5H,2-4H2,1H3,(H,8,9,10);2*1-2H3. The molecule has 2 aromatic carbocycles. The van der Waals surface area contributed by atoms with Gasteiger partial charge >= 0.3 is 0 Å². The lowest BCUT2D eigenvalue weighted by molar-refractivity contribution is -0.136. The summed E-state index contributed by atoms with van der Waals surface area (Å²) in [5.74, 6) is 1.70. The molecule has 362 valence electrons.